The molecule has 2 fully saturated rings. The van der Waals surface area contributed by atoms with Gasteiger partial charge in [-0.2, -0.15) is 0 Å². The maximum absolute atomic E-state index is 12.6. The number of sulfone groups is 1. The molecule has 2 aliphatic rings. The van der Waals surface area contributed by atoms with E-state index >= 15 is 0 Å². The van der Waals surface area contributed by atoms with Crippen LogP contribution in [0.5, 0.6) is 0 Å². The largest absolute Gasteiger partial charge is 0.350 e. The fourth-order valence-electron chi connectivity index (χ4n) is 4.19. The van der Waals surface area contributed by atoms with E-state index in [0.29, 0.717) is 0 Å². The lowest BCUT2D eigenvalue weighted by Gasteiger charge is -2.28. The van der Waals surface area contributed by atoms with Gasteiger partial charge in [0, 0.05) is 6.04 Å². The average molecular weight is 372 g/mol. The monoisotopic (exact) mass is 372 g/mol. The fourth-order valence-corrected chi connectivity index (χ4v) is 6.14. The molecular formula is C20H24N2O3S. The standard InChI is InChI=1S/C20H24N2O3S/c23-20(12-15-7-8-16-5-1-2-6-17(16)11-15)21-18-13-26(24,25)14-19(18)22-9-3-4-10-22/h1-2,5-8,11,18-19H,3-4,9-10,12-14H2,(H,21,23)/t18-,19+/m1/s1. The highest BCUT2D eigenvalue weighted by Gasteiger charge is 2.42. The second-order valence-corrected chi connectivity index (χ2v) is 9.57. The zero-order valence-electron chi connectivity index (χ0n) is 14.7. The van der Waals surface area contributed by atoms with Crippen LogP contribution in [0.2, 0.25) is 0 Å². The predicted octanol–water partition coefficient (Wildman–Crippen LogP) is 1.76. The molecule has 6 heteroatoms. The van der Waals surface area contributed by atoms with E-state index in [9.17, 15) is 13.2 Å². The summed E-state index contributed by atoms with van der Waals surface area (Å²) >= 11 is 0. The van der Waals surface area contributed by atoms with Crippen LogP contribution in [0.4, 0.5) is 0 Å². The Labute approximate surface area is 154 Å². The van der Waals surface area contributed by atoms with Crippen molar-refractivity contribution in [3.8, 4) is 0 Å². The van der Waals surface area contributed by atoms with Gasteiger partial charge in [0.15, 0.2) is 9.84 Å². The Balaban J connectivity index is 1.45. The number of rotatable bonds is 4. The van der Waals surface area contributed by atoms with Crippen molar-refractivity contribution in [1.29, 1.82) is 0 Å². The third-order valence-electron chi connectivity index (χ3n) is 5.46. The highest BCUT2D eigenvalue weighted by molar-refractivity contribution is 7.91. The molecule has 0 spiro atoms. The Kier molecular flexibility index (Phi) is 4.71. The molecule has 0 aliphatic carbocycles. The number of benzene rings is 2. The van der Waals surface area contributed by atoms with E-state index < -0.39 is 9.84 Å². The molecule has 5 nitrogen and oxygen atoms in total. The predicted molar refractivity (Wildman–Crippen MR) is 103 cm³/mol. The van der Waals surface area contributed by atoms with Crippen molar-refractivity contribution in [3.63, 3.8) is 0 Å². The number of carbonyl (C=O) groups excluding carboxylic acids is 1. The Morgan fingerprint density at radius 2 is 1.77 bits per heavy atom. The van der Waals surface area contributed by atoms with Gasteiger partial charge in [0.1, 0.15) is 0 Å². The van der Waals surface area contributed by atoms with Crippen molar-refractivity contribution in [3.05, 3.63) is 48.0 Å². The zero-order chi connectivity index (χ0) is 18.1. The minimum atomic E-state index is -3.09. The van der Waals surface area contributed by atoms with Gasteiger partial charge in [-0.25, -0.2) is 8.42 Å². The fraction of sp³-hybridized carbons (Fsp3) is 0.450. The highest BCUT2D eigenvalue weighted by Crippen LogP contribution is 2.23. The Morgan fingerprint density at radius 3 is 2.54 bits per heavy atom. The topological polar surface area (TPSA) is 66.5 Å². The average Bonchev–Trinajstić information content (AvgIpc) is 3.22. The summed E-state index contributed by atoms with van der Waals surface area (Å²) in [6.07, 6.45) is 2.48. The first-order valence-corrected chi connectivity index (χ1v) is 11.0. The second kappa shape index (κ2) is 7.00. The first kappa shape index (κ1) is 17.5. The summed E-state index contributed by atoms with van der Waals surface area (Å²) in [5.41, 5.74) is 0.944. The van der Waals surface area contributed by atoms with Crippen molar-refractivity contribution >= 4 is 26.5 Å². The van der Waals surface area contributed by atoms with Crippen LogP contribution in [0.15, 0.2) is 42.5 Å². The summed E-state index contributed by atoms with van der Waals surface area (Å²) in [5.74, 6) is 0.109. The van der Waals surface area contributed by atoms with Crippen LogP contribution in [-0.2, 0) is 21.1 Å². The lowest BCUT2D eigenvalue weighted by atomic mass is 10.0. The molecule has 0 aromatic heterocycles. The molecule has 0 saturated carbocycles. The van der Waals surface area contributed by atoms with Gasteiger partial charge in [-0.15, -0.1) is 0 Å². The van der Waals surface area contributed by atoms with Crippen molar-refractivity contribution in [2.24, 2.45) is 0 Å². The maximum Gasteiger partial charge on any atom is 0.224 e. The van der Waals surface area contributed by atoms with Gasteiger partial charge >= 0.3 is 0 Å². The summed E-state index contributed by atoms with van der Waals surface area (Å²) in [6.45, 7) is 1.86. The molecule has 2 aliphatic heterocycles. The minimum Gasteiger partial charge on any atom is -0.350 e. The molecule has 0 radical (unpaired) electrons. The van der Waals surface area contributed by atoms with Crippen LogP contribution in [-0.4, -0.2) is 55.9 Å². The van der Waals surface area contributed by atoms with Crippen molar-refractivity contribution < 1.29 is 13.2 Å². The normalized spacial score (nSPS) is 25.5. The molecule has 138 valence electrons. The van der Waals surface area contributed by atoms with Crippen LogP contribution in [0.25, 0.3) is 10.8 Å². The third-order valence-corrected chi connectivity index (χ3v) is 7.17. The van der Waals surface area contributed by atoms with Crippen LogP contribution < -0.4 is 5.32 Å². The Morgan fingerprint density at radius 1 is 1.04 bits per heavy atom. The summed E-state index contributed by atoms with van der Waals surface area (Å²) in [5, 5.41) is 5.25. The molecule has 0 bridgehead atoms. The number of nitrogens with zero attached hydrogens (tertiary/aromatic N) is 1. The first-order valence-electron chi connectivity index (χ1n) is 9.22. The molecule has 2 heterocycles. The summed E-state index contributed by atoms with van der Waals surface area (Å²) in [7, 11) is -3.09. The Hall–Kier alpha value is -1.92. The summed E-state index contributed by atoms with van der Waals surface area (Å²) < 4.78 is 24.2. The van der Waals surface area contributed by atoms with E-state index in [4.69, 9.17) is 0 Å². The summed E-state index contributed by atoms with van der Waals surface area (Å²) in [6, 6.07) is 13.7. The lowest BCUT2D eigenvalue weighted by Crippen LogP contribution is -2.50. The van der Waals surface area contributed by atoms with Gasteiger partial charge in [0.25, 0.3) is 0 Å². The Bertz CT molecular complexity index is 920. The van der Waals surface area contributed by atoms with E-state index in [1.54, 1.807) is 0 Å². The molecule has 2 aromatic rings. The molecule has 2 atom stereocenters. The maximum atomic E-state index is 12.6. The molecule has 2 saturated heterocycles. The molecule has 0 unspecified atom stereocenters. The van der Waals surface area contributed by atoms with Crippen LogP contribution in [0.1, 0.15) is 18.4 Å². The number of fused-ring (bicyclic) bond motifs is 1. The van der Waals surface area contributed by atoms with E-state index in [0.717, 1.165) is 42.3 Å². The highest BCUT2D eigenvalue weighted by atomic mass is 32.2. The lowest BCUT2D eigenvalue weighted by molar-refractivity contribution is -0.121. The SMILES string of the molecule is O=C(Cc1ccc2ccccc2c1)N[C@@H]1CS(=O)(=O)C[C@@H]1N1CCCC1. The number of nitrogens with one attached hydrogen (secondary N) is 1. The molecule has 2 aromatic carbocycles. The van der Waals surface area contributed by atoms with E-state index in [-0.39, 0.29) is 35.9 Å². The molecular weight excluding hydrogens is 348 g/mol. The van der Waals surface area contributed by atoms with Crippen LogP contribution in [0.3, 0.4) is 0 Å². The number of hydrogen-bond acceptors (Lipinski definition) is 4. The number of likely N-dealkylation sites (tertiary alicyclic amines) is 1. The first-order chi connectivity index (χ1) is 12.5. The zero-order valence-corrected chi connectivity index (χ0v) is 15.5. The van der Waals surface area contributed by atoms with E-state index in [1.165, 1.54) is 0 Å². The molecule has 4 rings (SSSR count). The summed E-state index contributed by atoms with van der Waals surface area (Å²) in [4.78, 5) is 14.8. The van der Waals surface area contributed by atoms with Crippen molar-refractivity contribution in [1.82, 2.24) is 10.2 Å². The van der Waals surface area contributed by atoms with Gasteiger partial charge in [-0.05, 0) is 42.3 Å². The van der Waals surface area contributed by atoms with Gasteiger partial charge < -0.3 is 5.32 Å². The van der Waals surface area contributed by atoms with Gasteiger partial charge in [0.05, 0.1) is 24.0 Å². The molecule has 1 amide bonds. The van der Waals surface area contributed by atoms with Gasteiger partial charge in [-0.3, -0.25) is 9.69 Å². The number of amides is 1. The van der Waals surface area contributed by atoms with Crippen molar-refractivity contribution in [2.75, 3.05) is 24.6 Å². The molecule has 26 heavy (non-hydrogen) atoms. The van der Waals surface area contributed by atoms with Crippen LogP contribution >= 0.6 is 0 Å². The smallest absolute Gasteiger partial charge is 0.224 e. The minimum absolute atomic E-state index is 0.0532. The van der Waals surface area contributed by atoms with E-state index in [2.05, 4.69) is 10.2 Å². The van der Waals surface area contributed by atoms with Crippen LogP contribution in [0, 0.1) is 0 Å². The quantitative estimate of drug-likeness (QED) is 0.888. The van der Waals surface area contributed by atoms with Gasteiger partial charge in [0.2, 0.25) is 5.91 Å². The number of carbonyl (C=O) groups is 1. The van der Waals surface area contributed by atoms with Gasteiger partial charge in [-0.1, -0.05) is 42.5 Å². The third kappa shape index (κ3) is 3.76. The second-order valence-electron chi connectivity index (χ2n) is 7.42. The molecule has 1 N–H and O–H groups in total. The van der Waals surface area contributed by atoms with E-state index in [1.807, 2.05) is 42.5 Å². The number of hydrogen-bond donors (Lipinski definition) is 1. The van der Waals surface area contributed by atoms with Crippen molar-refractivity contribution in [2.45, 2.75) is 31.3 Å².